The van der Waals surface area contributed by atoms with Crippen LogP contribution in [0.4, 0.5) is 0 Å². The minimum Gasteiger partial charge on any atom is -0.330 e. The van der Waals surface area contributed by atoms with Crippen LogP contribution in [0.15, 0.2) is 24.3 Å². The Labute approximate surface area is 122 Å². The molecule has 2 N–H and O–H groups in total. The fourth-order valence-corrected chi connectivity index (χ4v) is 4.30. The lowest BCUT2D eigenvalue weighted by Crippen LogP contribution is -2.40. The van der Waals surface area contributed by atoms with Crippen LogP contribution in [0.5, 0.6) is 0 Å². The molecule has 1 aliphatic carbocycles. The summed E-state index contributed by atoms with van der Waals surface area (Å²) < 4.78 is 24.2. The number of benzene rings is 1. The molecule has 0 saturated carbocycles. The minimum absolute atomic E-state index is 0.156. The van der Waals surface area contributed by atoms with Gasteiger partial charge in [-0.1, -0.05) is 24.3 Å². The van der Waals surface area contributed by atoms with Crippen molar-refractivity contribution in [1.82, 2.24) is 0 Å². The molecular weight excluding hydrogens is 270 g/mol. The molecule has 20 heavy (non-hydrogen) atoms. The lowest BCUT2D eigenvalue weighted by atomic mass is 9.68. The number of sulfone groups is 1. The van der Waals surface area contributed by atoms with Crippen molar-refractivity contribution >= 4 is 9.84 Å². The minimum atomic E-state index is -3.00. The number of hydrogen-bond donors (Lipinski definition) is 1. The molecule has 112 valence electrons. The Hall–Kier alpha value is -0.870. The van der Waals surface area contributed by atoms with Crippen LogP contribution in [0.2, 0.25) is 0 Å². The number of rotatable bonds is 5. The summed E-state index contributed by atoms with van der Waals surface area (Å²) in [5.74, 6) is 0.232. The van der Waals surface area contributed by atoms with Crippen LogP contribution in [-0.4, -0.2) is 26.0 Å². The second-order valence-electron chi connectivity index (χ2n) is 6.16. The average Bonchev–Trinajstić information content (AvgIpc) is 2.45. The quantitative estimate of drug-likeness (QED) is 0.907. The Morgan fingerprint density at radius 3 is 2.65 bits per heavy atom. The lowest BCUT2D eigenvalue weighted by Gasteiger charge is -2.38. The van der Waals surface area contributed by atoms with Crippen LogP contribution >= 0.6 is 0 Å². The molecule has 0 spiro atoms. The normalized spacial score (nSPS) is 22.8. The van der Waals surface area contributed by atoms with Gasteiger partial charge in [-0.2, -0.15) is 0 Å². The molecule has 0 bridgehead atoms. The van der Waals surface area contributed by atoms with Crippen molar-refractivity contribution in [3.05, 3.63) is 35.4 Å². The highest BCUT2D eigenvalue weighted by molar-refractivity contribution is 7.91. The fourth-order valence-electron chi connectivity index (χ4n) is 3.15. The first-order chi connectivity index (χ1) is 9.41. The Balaban J connectivity index is 2.28. The molecule has 0 amide bonds. The summed E-state index contributed by atoms with van der Waals surface area (Å²) in [5.41, 5.74) is 8.52. The predicted octanol–water partition coefficient (Wildman–Crippen LogP) is 2.43. The van der Waals surface area contributed by atoms with E-state index < -0.39 is 9.84 Å². The van der Waals surface area contributed by atoms with E-state index in [1.54, 1.807) is 13.8 Å². The maximum absolute atomic E-state index is 12.1. The fraction of sp³-hybridized carbons (Fsp3) is 0.625. The van der Waals surface area contributed by atoms with Gasteiger partial charge < -0.3 is 5.73 Å². The summed E-state index contributed by atoms with van der Waals surface area (Å²) in [6.07, 6.45) is 3.81. The van der Waals surface area contributed by atoms with Crippen molar-refractivity contribution in [2.45, 2.75) is 50.2 Å². The highest BCUT2D eigenvalue weighted by Crippen LogP contribution is 2.39. The van der Waals surface area contributed by atoms with Crippen molar-refractivity contribution in [3.8, 4) is 0 Å². The molecule has 0 saturated heterocycles. The Morgan fingerprint density at radius 2 is 2.00 bits per heavy atom. The maximum atomic E-state index is 12.1. The smallest absolute Gasteiger partial charge is 0.152 e. The molecule has 1 aromatic rings. The molecule has 1 aromatic carbocycles. The van der Waals surface area contributed by atoms with Gasteiger partial charge in [0.2, 0.25) is 0 Å². The molecule has 3 nitrogen and oxygen atoms in total. The van der Waals surface area contributed by atoms with Gasteiger partial charge in [0.25, 0.3) is 0 Å². The molecule has 0 aliphatic heterocycles. The van der Waals surface area contributed by atoms with Crippen LogP contribution in [0, 0.1) is 0 Å². The average molecular weight is 295 g/mol. The van der Waals surface area contributed by atoms with E-state index in [1.807, 2.05) is 6.07 Å². The summed E-state index contributed by atoms with van der Waals surface area (Å²) in [4.78, 5) is 0. The van der Waals surface area contributed by atoms with Crippen molar-refractivity contribution in [2.75, 3.05) is 12.3 Å². The monoisotopic (exact) mass is 295 g/mol. The molecule has 0 fully saturated rings. The third kappa shape index (κ3) is 2.91. The topological polar surface area (TPSA) is 60.2 Å². The molecule has 0 aromatic heterocycles. The number of nitrogens with two attached hydrogens (primary N) is 1. The number of fused-ring (bicyclic) bond motifs is 1. The highest BCUT2D eigenvalue weighted by atomic mass is 32.2. The Kier molecular flexibility index (Phi) is 4.55. The summed E-state index contributed by atoms with van der Waals surface area (Å²) >= 11 is 0. The van der Waals surface area contributed by atoms with Crippen molar-refractivity contribution in [2.24, 2.45) is 5.73 Å². The number of hydrogen-bond acceptors (Lipinski definition) is 3. The van der Waals surface area contributed by atoms with Crippen LogP contribution in [0.1, 0.15) is 44.2 Å². The van der Waals surface area contributed by atoms with Crippen molar-refractivity contribution < 1.29 is 8.42 Å². The summed E-state index contributed by atoms with van der Waals surface area (Å²) in [6.45, 7) is 4.02. The van der Waals surface area contributed by atoms with Gasteiger partial charge >= 0.3 is 0 Å². The van der Waals surface area contributed by atoms with E-state index in [-0.39, 0.29) is 16.4 Å². The molecule has 0 heterocycles. The van der Waals surface area contributed by atoms with E-state index in [9.17, 15) is 8.42 Å². The molecule has 1 atom stereocenters. The van der Waals surface area contributed by atoms with Crippen LogP contribution < -0.4 is 5.73 Å². The van der Waals surface area contributed by atoms with Gasteiger partial charge in [0.05, 0.1) is 11.0 Å². The van der Waals surface area contributed by atoms with Crippen LogP contribution in [-0.2, 0) is 21.7 Å². The van der Waals surface area contributed by atoms with Gasteiger partial charge in [-0.3, -0.25) is 0 Å². The van der Waals surface area contributed by atoms with Gasteiger partial charge in [-0.05, 0) is 50.7 Å². The zero-order valence-electron chi connectivity index (χ0n) is 12.4. The van der Waals surface area contributed by atoms with E-state index in [4.69, 9.17) is 5.73 Å². The maximum Gasteiger partial charge on any atom is 0.152 e. The van der Waals surface area contributed by atoms with E-state index >= 15 is 0 Å². The van der Waals surface area contributed by atoms with Crippen LogP contribution in [0.3, 0.4) is 0 Å². The van der Waals surface area contributed by atoms with E-state index in [0.717, 1.165) is 19.3 Å². The van der Waals surface area contributed by atoms with Crippen molar-refractivity contribution in [1.29, 1.82) is 0 Å². The molecular formula is C16H25NO2S. The summed E-state index contributed by atoms with van der Waals surface area (Å²) in [7, 11) is -3.00. The van der Waals surface area contributed by atoms with Gasteiger partial charge in [0.1, 0.15) is 0 Å². The molecule has 1 aliphatic rings. The first-order valence-electron chi connectivity index (χ1n) is 7.41. The van der Waals surface area contributed by atoms with Gasteiger partial charge in [0.15, 0.2) is 9.84 Å². The molecule has 0 radical (unpaired) electrons. The summed E-state index contributed by atoms with van der Waals surface area (Å²) in [6, 6.07) is 8.36. The van der Waals surface area contributed by atoms with Gasteiger partial charge in [0, 0.05) is 12.0 Å². The standard InChI is InChI=1S/C16H25NO2S/c1-13(2)20(18,19)11-10-16(12-17)9-5-7-14-6-3-4-8-15(14)16/h3-4,6,8,13H,5,7,9-12,17H2,1-2H3. The van der Waals surface area contributed by atoms with E-state index in [0.29, 0.717) is 13.0 Å². The zero-order valence-corrected chi connectivity index (χ0v) is 13.2. The van der Waals surface area contributed by atoms with Gasteiger partial charge in [-0.15, -0.1) is 0 Å². The summed E-state index contributed by atoms with van der Waals surface area (Å²) in [5, 5.41) is -0.309. The largest absolute Gasteiger partial charge is 0.330 e. The number of aryl methyl sites for hydroxylation is 1. The predicted molar refractivity (Wildman–Crippen MR) is 83.7 cm³/mol. The van der Waals surface area contributed by atoms with Crippen LogP contribution in [0.25, 0.3) is 0 Å². The second kappa shape index (κ2) is 5.86. The third-order valence-corrected chi connectivity index (χ3v) is 6.87. The zero-order chi connectivity index (χ0) is 14.8. The Morgan fingerprint density at radius 1 is 1.30 bits per heavy atom. The second-order valence-corrected chi connectivity index (χ2v) is 8.84. The van der Waals surface area contributed by atoms with E-state index in [2.05, 4.69) is 18.2 Å². The molecule has 2 rings (SSSR count). The lowest BCUT2D eigenvalue weighted by molar-refractivity contribution is 0.356. The first-order valence-corrected chi connectivity index (χ1v) is 9.13. The SMILES string of the molecule is CC(C)S(=O)(=O)CCC1(CN)CCCc2ccccc21. The Bertz CT molecular complexity index is 566. The highest BCUT2D eigenvalue weighted by Gasteiger charge is 2.36. The first kappa shape index (κ1) is 15.5. The molecule has 1 unspecified atom stereocenters. The molecule has 4 heteroatoms. The van der Waals surface area contributed by atoms with E-state index in [1.165, 1.54) is 11.1 Å². The van der Waals surface area contributed by atoms with Crippen molar-refractivity contribution in [3.63, 3.8) is 0 Å². The third-order valence-electron chi connectivity index (χ3n) is 4.66. The van der Waals surface area contributed by atoms with Gasteiger partial charge in [-0.25, -0.2) is 8.42 Å².